The molecule has 0 aromatic heterocycles. The molecular formula is C14H25NO2. The predicted octanol–water partition coefficient (Wildman–Crippen LogP) is 2.76. The van der Waals surface area contributed by atoms with Crippen LogP contribution < -0.4 is 0 Å². The fourth-order valence-electron chi connectivity index (χ4n) is 2.07. The third-order valence-electron chi connectivity index (χ3n) is 3.40. The van der Waals surface area contributed by atoms with Crippen molar-refractivity contribution in [3.05, 3.63) is 12.2 Å². The lowest BCUT2D eigenvalue weighted by Gasteiger charge is -2.28. The molecule has 98 valence electrons. The Hall–Kier alpha value is -0.830. The van der Waals surface area contributed by atoms with Crippen LogP contribution in [0, 0.1) is 0 Å². The molecule has 0 N–H and O–H groups in total. The molecule has 0 unspecified atom stereocenters. The zero-order valence-corrected chi connectivity index (χ0v) is 11.2. The monoisotopic (exact) mass is 239 g/mol. The second kappa shape index (κ2) is 7.49. The number of amides is 1. The van der Waals surface area contributed by atoms with Crippen LogP contribution in [0.3, 0.4) is 0 Å². The van der Waals surface area contributed by atoms with Crippen LogP contribution in [0.4, 0.5) is 0 Å². The minimum Gasteiger partial charge on any atom is -0.378 e. The fourth-order valence-corrected chi connectivity index (χ4v) is 2.07. The van der Waals surface area contributed by atoms with E-state index in [9.17, 15) is 4.79 Å². The molecule has 0 bridgehead atoms. The zero-order valence-electron chi connectivity index (χ0n) is 11.2. The van der Waals surface area contributed by atoms with E-state index in [4.69, 9.17) is 4.74 Å². The highest BCUT2D eigenvalue weighted by Gasteiger charge is 2.17. The third-order valence-corrected chi connectivity index (χ3v) is 3.40. The van der Waals surface area contributed by atoms with Crippen molar-refractivity contribution < 1.29 is 9.53 Å². The van der Waals surface area contributed by atoms with Gasteiger partial charge in [-0.05, 0) is 25.7 Å². The Morgan fingerprint density at radius 2 is 1.94 bits per heavy atom. The summed E-state index contributed by atoms with van der Waals surface area (Å²) in [7, 11) is 0. The van der Waals surface area contributed by atoms with Gasteiger partial charge in [-0.3, -0.25) is 4.79 Å². The Balaban J connectivity index is 2.18. The third kappa shape index (κ3) is 4.90. The number of likely N-dealkylation sites (tertiary alicyclic amines) is 1. The Labute approximate surface area is 105 Å². The van der Waals surface area contributed by atoms with E-state index in [0.717, 1.165) is 38.8 Å². The van der Waals surface area contributed by atoms with Gasteiger partial charge in [0, 0.05) is 13.1 Å². The summed E-state index contributed by atoms with van der Waals surface area (Å²) in [6, 6.07) is 0. The lowest BCUT2D eigenvalue weighted by molar-refractivity contribution is -0.133. The van der Waals surface area contributed by atoms with E-state index in [1.165, 1.54) is 5.57 Å². The lowest BCUT2D eigenvalue weighted by atomic mass is 10.1. The van der Waals surface area contributed by atoms with Crippen LogP contribution in [0.15, 0.2) is 12.2 Å². The predicted molar refractivity (Wildman–Crippen MR) is 69.9 cm³/mol. The first-order valence-corrected chi connectivity index (χ1v) is 6.73. The van der Waals surface area contributed by atoms with Crippen LogP contribution in [-0.4, -0.2) is 36.6 Å². The molecule has 1 fully saturated rings. The maximum atomic E-state index is 11.9. The van der Waals surface area contributed by atoms with Crippen molar-refractivity contribution in [2.45, 2.75) is 52.1 Å². The van der Waals surface area contributed by atoms with Gasteiger partial charge >= 0.3 is 0 Å². The molecule has 1 amide bonds. The molecule has 0 atom stereocenters. The van der Waals surface area contributed by atoms with Gasteiger partial charge in [-0.1, -0.05) is 26.0 Å². The molecule has 0 spiro atoms. The second-order valence-electron chi connectivity index (χ2n) is 4.69. The lowest BCUT2D eigenvalue weighted by Crippen LogP contribution is -2.36. The molecule has 0 aromatic rings. The van der Waals surface area contributed by atoms with Gasteiger partial charge in [0.05, 0.1) is 19.1 Å². The van der Waals surface area contributed by atoms with Crippen LogP contribution >= 0.6 is 0 Å². The largest absolute Gasteiger partial charge is 0.378 e. The normalized spacial score (nSPS) is 16.6. The Kier molecular flexibility index (Phi) is 6.27. The van der Waals surface area contributed by atoms with Crippen LogP contribution in [-0.2, 0) is 9.53 Å². The standard InChI is InChI=1S/C14H25NO2/c1-4-13(5-2)17-11-8-14(16)15-9-6-12(3)7-10-15/h13H,3-11H2,1-2H3. The number of carbonyl (C=O) groups is 1. The number of rotatable bonds is 6. The van der Waals surface area contributed by atoms with Crippen molar-refractivity contribution in [1.82, 2.24) is 4.90 Å². The summed E-state index contributed by atoms with van der Waals surface area (Å²) < 4.78 is 5.66. The van der Waals surface area contributed by atoms with Crippen molar-refractivity contribution in [1.29, 1.82) is 0 Å². The highest BCUT2D eigenvalue weighted by molar-refractivity contribution is 5.76. The second-order valence-corrected chi connectivity index (χ2v) is 4.69. The summed E-state index contributed by atoms with van der Waals surface area (Å²) in [5.74, 6) is 0.225. The van der Waals surface area contributed by atoms with Crippen LogP contribution in [0.25, 0.3) is 0 Å². The zero-order chi connectivity index (χ0) is 12.7. The van der Waals surface area contributed by atoms with Gasteiger partial charge in [0.25, 0.3) is 0 Å². The first-order valence-electron chi connectivity index (χ1n) is 6.73. The van der Waals surface area contributed by atoms with Crippen molar-refractivity contribution in [2.75, 3.05) is 19.7 Å². The molecule has 1 aliphatic rings. The Bertz CT molecular complexity index is 249. The molecule has 0 aromatic carbocycles. The average Bonchev–Trinajstić information content (AvgIpc) is 2.35. The molecule has 1 saturated heterocycles. The molecule has 3 nitrogen and oxygen atoms in total. The van der Waals surface area contributed by atoms with E-state index in [1.54, 1.807) is 0 Å². The van der Waals surface area contributed by atoms with Gasteiger partial charge in [0.2, 0.25) is 5.91 Å². The van der Waals surface area contributed by atoms with Crippen LogP contribution in [0.2, 0.25) is 0 Å². The first-order chi connectivity index (χ1) is 8.17. The van der Waals surface area contributed by atoms with Crippen molar-refractivity contribution in [3.8, 4) is 0 Å². The number of hydrogen-bond acceptors (Lipinski definition) is 2. The summed E-state index contributed by atoms with van der Waals surface area (Å²) in [6.45, 7) is 10.4. The fraction of sp³-hybridized carbons (Fsp3) is 0.786. The SMILES string of the molecule is C=C1CCN(C(=O)CCOC(CC)CC)CC1. The van der Waals surface area contributed by atoms with E-state index in [2.05, 4.69) is 20.4 Å². The van der Waals surface area contributed by atoms with Gasteiger partial charge in [0.1, 0.15) is 0 Å². The molecule has 1 aliphatic heterocycles. The number of ether oxygens (including phenoxy) is 1. The molecule has 1 heterocycles. The van der Waals surface area contributed by atoms with Crippen molar-refractivity contribution in [2.24, 2.45) is 0 Å². The van der Waals surface area contributed by atoms with Crippen LogP contribution in [0.5, 0.6) is 0 Å². The summed E-state index contributed by atoms with van der Waals surface area (Å²) in [4.78, 5) is 13.8. The van der Waals surface area contributed by atoms with Crippen molar-refractivity contribution >= 4 is 5.91 Å². The topological polar surface area (TPSA) is 29.5 Å². The Morgan fingerprint density at radius 1 is 1.35 bits per heavy atom. The van der Waals surface area contributed by atoms with Crippen LogP contribution in [0.1, 0.15) is 46.0 Å². The maximum Gasteiger partial charge on any atom is 0.224 e. The van der Waals surface area contributed by atoms with Gasteiger partial charge < -0.3 is 9.64 Å². The van der Waals surface area contributed by atoms with E-state index >= 15 is 0 Å². The molecule has 3 heteroatoms. The van der Waals surface area contributed by atoms with E-state index in [1.807, 2.05) is 4.90 Å². The van der Waals surface area contributed by atoms with Crippen molar-refractivity contribution in [3.63, 3.8) is 0 Å². The summed E-state index contributed by atoms with van der Waals surface area (Å²) in [5.41, 5.74) is 1.27. The quantitative estimate of drug-likeness (QED) is 0.667. The highest BCUT2D eigenvalue weighted by Crippen LogP contribution is 2.14. The minimum absolute atomic E-state index is 0.225. The number of nitrogens with zero attached hydrogens (tertiary/aromatic N) is 1. The smallest absolute Gasteiger partial charge is 0.224 e. The Morgan fingerprint density at radius 3 is 2.47 bits per heavy atom. The van der Waals surface area contributed by atoms with E-state index < -0.39 is 0 Å². The highest BCUT2D eigenvalue weighted by atomic mass is 16.5. The number of carbonyl (C=O) groups excluding carboxylic acids is 1. The molecule has 0 radical (unpaired) electrons. The maximum absolute atomic E-state index is 11.9. The van der Waals surface area contributed by atoms with Gasteiger partial charge in [-0.25, -0.2) is 0 Å². The van der Waals surface area contributed by atoms with Gasteiger partial charge in [0.15, 0.2) is 0 Å². The van der Waals surface area contributed by atoms with E-state index in [0.29, 0.717) is 19.1 Å². The number of hydrogen-bond donors (Lipinski definition) is 0. The number of piperidine rings is 1. The minimum atomic E-state index is 0.225. The summed E-state index contributed by atoms with van der Waals surface area (Å²) in [6.07, 6.45) is 4.79. The van der Waals surface area contributed by atoms with Gasteiger partial charge in [-0.2, -0.15) is 0 Å². The molecule has 1 rings (SSSR count). The first kappa shape index (κ1) is 14.2. The molecule has 0 aliphatic carbocycles. The molecular weight excluding hydrogens is 214 g/mol. The summed E-state index contributed by atoms with van der Waals surface area (Å²) in [5, 5.41) is 0. The van der Waals surface area contributed by atoms with Gasteiger partial charge in [-0.15, -0.1) is 0 Å². The van der Waals surface area contributed by atoms with E-state index in [-0.39, 0.29) is 5.91 Å². The molecule has 17 heavy (non-hydrogen) atoms. The summed E-state index contributed by atoms with van der Waals surface area (Å²) >= 11 is 0. The molecule has 0 saturated carbocycles. The average molecular weight is 239 g/mol.